The number of hydrogen-bond acceptors (Lipinski definition) is 6. The zero-order valence-corrected chi connectivity index (χ0v) is 17.2. The summed E-state index contributed by atoms with van der Waals surface area (Å²) in [6.07, 6.45) is -0.491. The summed E-state index contributed by atoms with van der Waals surface area (Å²) in [6, 6.07) is 5.98. The lowest BCUT2D eigenvalue weighted by Crippen LogP contribution is -2.25. The second kappa shape index (κ2) is 8.73. The molecule has 0 bridgehead atoms. The molecule has 1 aliphatic heterocycles. The molecule has 1 aromatic carbocycles. The Morgan fingerprint density at radius 2 is 2.00 bits per heavy atom. The van der Waals surface area contributed by atoms with Crippen molar-refractivity contribution in [2.45, 2.75) is 19.0 Å². The quantitative estimate of drug-likeness (QED) is 0.482. The number of halogens is 3. The molecule has 0 radical (unpaired) electrons. The standard InChI is InChI=1S/C20H20F3N3OS2/c21-20(22,23)16-11-15(27-9-8-26-6-1-2-7-26)3-4-17(16)25-19-24-12-18(29-19)14-5-10-28-13-14/h3-5,10-13H,1-2,6-9H2,(H,24,25). The number of nitrogens with zero attached hydrogens (tertiary/aromatic N) is 2. The van der Waals surface area contributed by atoms with Crippen molar-refractivity contribution in [3.05, 3.63) is 46.8 Å². The third-order valence-electron chi connectivity index (χ3n) is 4.72. The molecule has 1 aliphatic rings. The number of thiazole rings is 1. The summed E-state index contributed by atoms with van der Waals surface area (Å²) in [6.45, 7) is 3.16. The van der Waals surface area contributed by atoms with Crippen molar-refractivity contribution in [2.24, 2.45) is 0 Å². The maximum atomic E-state index is 13.6. The van der Waals surface area contributed by atoms with E-state index in [0.29, 0.717) is 11.7 Å². The van der Waals surface area contributed by atoms with Crippen molar-refractivity contribution >= 4 is 33.5 Å². The van der Waals surface area contributed by atoms with E-state index >= 15 is 0 Å². The average Bonchev–Trinajstić information content (AvgIpc) is 3.44. The van der Waals surface area contributed by atoms with Crippen LogP contribution in [0.25, 0.3) is 10.4 Å². The van der Waals surface area contributed by atoms with Gasteiger partial charge in [-0.15, -0.1) is 0 Å². The minimum atomic E-state index is -4.50. The highest BCUT2D eigenvalue weighted by molar-refractivity contribution is 7.19. The molecule has 0 saturated carbocycles. The van der Waals surface area contributed by atoms with Gasteiger partial charge in [-0.1, -0.05) is 11.3 Å². The second-order valence-corrected chi connectivity index (χ2v) is 8.58. The fourth-order valence-electron chi connectivity index (χ4n) is 3.24. The average molecular weight is 440 g/mol. The fourth-order valence-corrected chi connectivity index (χ4v) is 4.80. The molecular weight excluding hydrogens is 419 g/mol. The van der Waals surface area contributed by atoms with Crippen LogP contribution in [0.1, 0.15) is 18.4 Å². The highest BCUT2D eigenvalue weighted by atomic mass is 32.1. The fraction of sp³-hybridized carbons (Fsp3) is 0.350. The topological polar surface area (TPSA) is 37.4 Å². The summed E-state index contributed by atoms with van der Waals surface area (Å²) in [5.41, 5.74) is 0.220. The van der Waals surface area contributed by atoms with Crippen LogP contribution in [0, 0.1) is 0 Å². The van der Waals surface area contributed by atoms with Crippen molar-refractivity contribution in [2.75, 3.05) is 31.6 Å². The Hall–Kier alpha value is -2.10. The first-order chi connectivity index (χ1) is 14.0. The molecule has 0 amide bonds. The zero-order chi connectivity index (χ0) is 20.3. The Bertz CT molecular complexity index is 935. The van der Waals surface area contributed by atoms with Crippen LogP contribution in [0.3, 0.4) is 0 Å². The molecule has 4 nitrogen and oxygen atoms in total. The van der Waals surface area contributed by atoms with Gasteiger partial charge in [0.2, 0.25) is 0 Å². The summed E-state index contributed by atoms with van der Waals surface area (Å²) in [7, 11) is 0. The van der Waals surface area contributed by atoms with E-state index in [-0.39, 0.29) is 11.4 Å². The number of alkyl halides is 3. The first-order valence-corrected chi connectivity index (χ1v) is 11.1. The maximum Gasteiger partial charge on any atom is 0.418 e. The van der Waals surface area contributed by atoms with Crippen molar-refractivity contribution in [3.8, 4) is 16.2 Å². The second-order valence-electron chi connectivity index (χ2n) is 6.77. The number of nitrogens with one attached hydrogen (secondary N) is 1. The molecule has 0 atom stereocenters. The van der Waals surface area contributed by atoms with E-state index < -0.39 is 11.7 Å². The minimum Gasteiger partial charge on any atom is -0.492 e. The Balaban J connectivity index is 1.47. The van der Waals surface area contributed by atoms with E-state index in [1.165, 1.54) is 30.2 Å². The Morgan fingerprint density at radius 3 is 2.72 bits per heavy atom. The zero-order valence-electron chi connectivity index (χ0n) is 15.5. The van der Waals surface area contributed by atoms with E-state index in [9.17, 15) is 13.2 Å². The monoisotopic (exact) mass is 439 g/mol. The number of benzene rings is 1. The molecule has 1 N–H and O–H groups in total. The number of hydrogen-bond donors (Lipinski definition) is 1. The summed E-state index contributed by atoms with van der Waals surface area (Å²) >= 11 is 2.88. The summed E-state index contributed by atoms with van der Waals surface area (Å²) in [4.78, 5) is 7.38. The van der Waals surface area contributed by atoms with Crippen LogP contribution in [0.5, 0.6) is 5.75 Å². The van der Waals surface area contributed by atoms with E-state index in [2.05, 4.69) is 15.2 Å². The van der Waals surface area contributed by atoms with Crippen LogP contribution in [-0.2, 0) is 6.18 Å². The van der Waals surface area contributed by atoms with Crippen LogP contribution in [0.15, 0.2) is 41.2 Å². The Labute approximate surface area is 175 Å². The highest BCUT2D eigenvalue weighted by Crippen LogP contribution is 2.39. The van der Waals surface area contributed by atoms with Gasteiger partial charge < -0.3 is 10.1 Å². The van der Waals surface area contributed by atoms with Crippen LogP contribution in [0.2, 0.25) is 0 Å². The van der Waals surface area contributed by atoms with Crippen LogP contribution in [0.4, 0.5) is 24.0 Å². The Kier molecular flexibility index (Phi) is 6.07. The number of thiophene rings is 1. The van der Waals surface area contributed by atoms with Crippen molar-refractivity contribution in [1.29, 1.82) is 0 Å². The highest BCUT2D eigenvalue weighted by Gasteiger charge is 2.34. The number of aromatic nitrogens is 1. The van der Waals surface area contributed by atoms with Crippen LogP contribution >= 0.6 is 22.7 Å². The summed E-state index contributed by atoms with van der Waals surface area (Å²) < 4.78 is 46.4. The van der Waals surface area contributed by atoms with Gasteiger partial charge in [0.1, 0.15) is 12.4 Å². The molecule has 4 rings (SSSR count). The van der Waals surface area contributed by atoms with Gasteiger partial charge in [0.25, 0.3) is 0 Å². The van der Waals surface area contributed by atoms with E-state index in [0.717, 1.165) is 36.1 Å². The van der Waals surface area contributed by atoms with E-state index in [1.807, 2.05) is 16.8 Å². The lowest BCUT2D eigenvalue weighted by Gasteiger charge is -2.17. The molecular formula is C20H20F3N3OS2. The van der Waals surface area contributed by atoms with Gasteiger partial charge in [0.05, 0.1) is 16.1 Å². The van der Waals surface area contributed by atoms with Crippen molar-refractivity contribution in [3.63, 3.8) is 0 Å². The smallest absolute Gasteiger partial charge is 0.418 e. The van der Waals surface area contributed by atoms with Gasteiger partial charge in [-0.25, -0.2) is 4.98 Å². The van der Waals surface area contributed by atoms with Crippen molar-refractivity contribution in [1.82, 2.24) is 9.88 Å². The predicted molar refractivity (Wildman–Crippen MR) is 111 cm³/mol. The Morgan fingerprint density at radius 1 is 1.17 bits per heavy atom. The van der Waals surface area contributed by atoms with Gasteiger partial charge in [-0.3, -0.25) is 4.90 Å². The number of ether oxygens (including phenoxy) is 1. The minimum absolute atomic E-state index is 0.0318. The van der Waals surface area contributed by atoms with E-state index in [4.69, 9.17) is 4.74 Å². The van der Waals surface area contributed by atoms with Gasteiger partial charge in [-0.2, -0.15) is 24.5 Å². The van der Waals surface area contributed by atoms with Gasteiger partial charge in [0.15, 0.2) is 5.13 Å². The largest absolute Gasteiger partial charge is 0.492 e. The predicted octanol–water partition coefficient (Wildman–Crippen LogP) is 6.11. The molecule has 1 saturated heterocycles. The van der Waals surface area contributed by atoms with Crippen molar-refractivity contribution < 1.29 is 17.9 Å². The van der Waals surface area contributed by atoms with E-state index in [1.54, 1.807) is 23.6 Å². The lowest BCUT2D eigenvalue weighted by atomic mass is 10.1. The molecule has 0 spiro atoms. The maximum absolute atomic E-state index is 13.6. The van der Waals surface area contributed by atoms with Crippen LogP contribution in [-0.4, -0.2) is 36.1 Å². The van der Waals surface area contributed by atoms with Crippen LogP contribution < -0.4 is 10.1 Å². The first kappa shape index (κ1) is 20.2. The lowest BCUT2D eigenvalue weighted by molar-refractivity contribution is -0.137. The van der Waals surface area contributed by atoms with Gasteiger partial charge in [0, 0.05) is 18.3 Å². The molecule has 1 fully saturated rings. The summed E-state index contributed by atoms with van der Waals surface area (Å²) in [5.74, 6) is 0.222. The molecule has 29 heavy (non-hydrogen) atoms. The van der Waals surface area contributed by atoms with Gasteiger partial charge in [-0.05, 0) is 61.0 Å². The summed E-state index contributed by atoms with van der Waals surface area (Å²) in [5, 5.41) is 7.16. The molecule has 3 aromatic rings. The molecule has 3 heterocycles. The molecule has 0 unspecified atom stereocenters. The molecule has 154 valence electrons. The number of likely N-dealkylation sites (tertiary alicyclic amines) is 1. The molecule has 0 aliphatic carbocycles. The third kappa shape index (κ3) is 5.09. The first-order valence-electron chi connectivity index (χ1n) is 9.31. The normalized spacial score (nSPS) is 15.0. The molecule has 9 heteroatoms. The SMILES string of the molecule is FC(F)(F)c1cc(OCCN2CCCC2)ccc1Nc1ncc(-c2ccsc2)s1. The van der Waals surface area contributed by atoms with Gasteiger partial charge >= 0.3 is 6.18 Å². The third-order valence-corrected chi connectivity index (χ3v) is 6.37. The number of anilines is 2. The number of rotatable bonds is 7. The molecule has 2 aromatic heterocycles.